The van der Waals surface area contributed by atoms with Crippen LogP contribution in [-0.4, -0.2) is 27.6 Å². The van der Waals surface area contributed by atoms with Gasteiger partial charge in [0.15, 0.2) is 4.47 Å². The Morgan fingerprint density at radius 3 is 2.90 bits per heavy atom. The normalized spacial score (nSPS) is 10.5. The summed E-state index contributed by atoms with van der Waals surface area (Å²) in [5.74, 6) is -0.199. The summed E-state index contributed by atoms with van der Waals surface area (Å²) in [6, 6.07) is 3.81. The highest BCUT2D eigenvalue weighted by molar-refractivity contribution is 7.15. The van der Waals surface area contributed by atoms with Gasteiger partial charge in [-0.25, -0.2) is 9.97 Å². The lowest BCUT2D eigenvalue weighted by Gasteiger charge is -2.23. The molecular weight excluding hydrogens is 298 g/mol. The van der Waals surface area contributed by atoms with Crippen molar-refractivity contribution in [3.05, 3.63) is 39.4 Å². The molecule has 2 rings (SSSR count). The first-order valence-electron chi connectivity index (χ1n) is 6.11. The molecule has 0 amide bonds. The van der Waals surface area contributed by atoms with Crippen molar-refractivity contribution in [3.63, 3.8) is 0 Å². The van der Waals surface area contributed by atoms with Crippen molar-refractivity contribution in [2.45, 2.75) is 19.9 Å². The maximum atomic E-state index is 11.1. The zero-order valence-corrected chi connectivity index (χ0v) is 12.5. The van der Waals surface area contributed by atoms with Crippen LogP contribution in [0, 0.1) is 0 Å². The maximum Gasteiger partial charge on any atom is 0.323 e. The monoisotopic (exact) mass is 311 g/mol. The van der Waals surface area contributed by atoms with Crippen LogP contribution in [0.25, 0.3) is 0 Å². The van der Waals surface area contributed by atoms with E-state index in [0.717, 1.165) is 16.9 Å². The van der Waals surface area contributed by atoms with Crippen LogP contribution in [0.3, 0.4) is 0 Å². The van der Waals surface area contributed by atoms with E-state index in [1.54, 1.807) is 17.3 Å². The molecule has 5 nitrogen and oxygen atoms in total. The van der Waals surface area contributed by atoms with E-state index in [2.05, 4.69) is 9.97 Å². The largest absolute Gasteiger partial charge is 0.480 e. The van der Waals surface area contributed by atoms with E-state index in [9.17, 15) is 4.79 Å². The summed E-state index contributed by atoms with van der Waals surface area (Å²) in [4.78, 5) is 22.0. The third kappa shape index (κ3) is 3.68. The Bertz CT molecular complexity index is 603. The number of anilines is 1. The average molecular weight is 312 g/mol. The lowest BCUT2D eigenvalue weighted by atomic mass is 10.2. The standard InChI is InChI=1S/C13H14ClN3O2S/c1-2-9-4-3-5-15-12(9)17(8-11(18)19)7-10-6-16-13(14)20-10/h3-6H,2,7-8H2,1H3,(H,18,19). The van der Waals surface area contributed by atoms with Crippen molar-refractivity contribution in [1.29, 1.82) is 0 Å². The van der Waals surface area contributed by atoms with Crippen molar-refractivity contribution in [3.8, 4) is 0 Å². The molecule has 2 aromatic rings. The zero-order chi connectivity index (χ0) is 14.5. The number of nitrogens with zero attached hydrogens (tertiary/aromatic N) is 3. The van der Waals surface area contributed by atoms with Crippen LogP contribution in [0.2, 0.25) is 4.47 Å². The van der Waals surface area contributed by atoms with E-state index in [0.29, 0.717) is 16.8 Å². The minimum Gasteiger partial charge on any atom is -0.480 e. The molecule has 0 radical (unpaired) electrons. The van der Waals surface area contributed by atoms with Gasteiger partial charge in [-0.05, 0) is 18.1 Å². The fourth-order valence-electron chi connectivity index (χ4n) is 1.90. The molecule has 0 aliphatic carbocycles. The molecule has 20 heavy (non-hydrogen) atoms. The van der Waals surface area contributed by atoms with Gasteiger partial charge in [0.25, 0.3) is 0 Å². The van der Waals surface area contributed by atoms with Crippen molar-refractivity contribution in [2.75, 3.05) is 11.4 Å². The molecule has 0 saturated heterocycles. The minimum absolute atomic E-state index is 0.112. The number of hydrogen-bond donors (Lipinski definition) is 1. The first kappa shape index (κ1) is 14.7. The first-order valence-corrected chi connectivity index (χ1v) is 7.30. The van der Waals surface area contributed by atoms with Crippen molar-refractivity contribution in [1.82, 2.24) is 9.97 Å². The Morgan fingerprint density at radius 2 is 2.30 bits per heavy atom. The van der Waals surface area contributed by atoms with Gasteiger partial charge in [-0.1, -0.05) is 24.6 Å². The summed E-state index contributed by atoms with van der Waals surface area (Å²) in [5.41, 5.74) is 1.02. The molecule has 0 fully saturated rings. The number of carboxylic acid groups (broad SMARTS) is 1. The number of pyridine rings is 1. The van der Waals surface area contributed by atoms with E-state index in [4.69, 9.17) is 16.7 Å². The summed E-state index contributed by atoms with van der Waals surface area (Å²) >= 11 is 7.15. The number of carbonyl (C=O) groups is 1. The van der Waals surface area contributed by atoms with E-state index in [-0.39, 0.29) is 6.54 Å². The minimum atomic E-state index is -0.895. The molecule has 2 heterocycles. The molecule has 0 unspecified atom stereocenters. The van der Waals surface area contributed by atoms with E-state index >= 15 is 0 Å². The lowest BCUT2D eigenvalue weighted by Crippen LogP contribution is -2.30. The van der Waals surface area contributed by atoms with Gasteiger partial charge in [0.1, 0.15) is 12.4 Å². The number of hydrogen-bond acceptors (Lipinski definition) is 5. The van der Waals surface area contributed by atoms with E-state index in [1.807, 2.05) is 19.1 Å². The Hall–Kier alpha value is -1.66. The fourth-order valence-corrected chi connectivity index (χ4v) is 2.90. The summed E-state index contributed by atoms with van der Waals surface area (Å²) in [6.07, 6.45) is 4.13. The van der Waals surface area contributed by atoms with Crippen LogP contribution in [0.4, 0.5) is 5.82 Å². The summed E-state index contributed by atoms with van der Waals surface area (Å²) in [5, 5.41) is 9.08. The van der Waals surface area contributed by atoms with Crippen molar-refractivity contribution in [2.24, 2.45) is 0 Å². The van der Waals surface area contributed by atoms with Crippen LogP contribution in [0.5, 0.6) is 0 Å². The SMILES string of the molecule is CCc1cccnc1N(CC(=O)O)Cc1cnc(Cl)s1. The van der Waals surface area contributed by atoms with Crippen LogP contribution in [0.15, 0.2) is 24.5 Å². The molecule has 2 aromatic heterocycles. The number of aryl methyl sites for hydroxylation is 1. The third-order valence-electron chi connectivity index (χ3n) is 2.75. The van der Waals surface area contributed by atoms with Gasteiger partial charge < -0.3 is 10.0 Å². The Morgan fingerprint density at radius 1 is 1.50 bits per heavy atom. The van der Waals surface area contributed by atoms with Crippen molar-refractivity contribution >= 4 is 34.7 Å². The van der Waals surface area contributed by atoms with Crippen LogP contribution in [-0.2, 0) is 17.8 Å². The summed E-state index contributed by atoms with van der Waals surface area (Å²) in [6.45, 7) is 2.34. The number of rotatable bonds is 6. The molecular formula is C13H14ClN3O2S. The number of aliphatic carboxylic acids is 1. The topological polar surface area (TPSA) is 66.3 Å². The van der Waals surface area contributed by atoms with Gasteiger partial charge in [0.05, 0.1) is 6.54 Å². The molecule has 106 valence electrons. The van der Waals surface area contributed by atoms with Crippen molar-refractivity contribution < 1.29 is 9.90 Å². The molecule has 0 aromatic carbocycles. The van der Waals surface area contributed by atoms with Crippen LogP contribution in [0.1, 0.15) is 17.4 Å². The molecule has 0 bridgehead atoms. The number of carboxylic acids is 1. The highest BCUT2D eigenvalue weighted by Crippen LogP contribution is 2.24. The van der Waals surface area contributed by atoms with Gasteiger partial charge in [-0.3, -0.25) is 4.79 Å². The maximum absolute atomic E-state index is 11.1. The van der Waals surface area contributed by atoms with Crippen LogP contribution < -0.4 is 4.90 Å². The third-order valence-corrected chi connectivity index (χ3v) is 3.85. The van der Waals surface area contributed by atoms with Gasteiger partial charge >= 0.3 is 5.97 Å². The number of thiazole rings is 1. The predicted molar refractivity (Wildman–Crippen MR) is 79.4 cm³/mol. The Labute approximate surface area is 125 Å². The molecule has 0 aliphatic rings. The highest BCUT2D eigenvalue weighted by Gasteiger charge is 2.16. The van der Waals surface area contributed by atoms with E-state index < -0.39 is 5.97 Å². The smallest absolute Gasteiger partial charge is 0.323 e. The Balaban J connectivity index is 2.29. The van der Waals surface area contributed by atoms with Gasteiger partial charge in [0, 0.05) is 17.3 Å². The second-order valence-corrected chi connectivity index (χ2v) is 5.87. The Kier molecular flexibility index (Phi) is 4.92. The lowest BCUT2D eigenvalue weighted by molar-refractivity contribution is -0.135. The molecule has 1 N–H and O–H groups in total. The molecule has 0 atom stereocenters. The second-order valence-electron chi connectivity index (χ2n) is 4.17. The van der Waals surface area contributed by atoms with Crippen LogP contribution >= 0.6 is 22.9 Å². The molecule has 0 aliphatic heterocycles. The fraction of sp³-hybridized carbons (Fsp3) is 0.308. The highest BCUT2D eigenvalue weighted by atomic mass is 35.5. The van der Waals surface area contributed by atoms with Gasteiger partial charge in [0.2, 0.25) is 0 Å². The first-order chi connectivity index (χ1) is 9.60. The average Bonchev–Trinajstić information content (AvgIpc) is 2.83. The molecule has 0 spiro atoms. The van der Waals surface area contributed by atoms with E-state index in [1.165, 1.54) is 11.3 Å². The zero-order valence-electron chi connectivity index (χ0n) is 10.9. The predicted octanol–water partition coefficient (Wildman–Crippen LogP) is 2.85. The quantitative estimate of drug-likeness (QED) is 0.888. The van der Waals surface area contributed by atoms with Gasteiger partial charge in [-0.2, -0.15) is 0 Å². The summed E-state index contributed by atoms with van der Waals surface area (Å²) in [7, 11) is 0. The number of halogens is 1. The molecule has 0 saturated carbocycles. The molecule has 7 heteroatoms. The summed E-state index contributed by atoms with van der Waals surface area (Å²) < 4.78 is 0.451. The van der Waals surface area contributed by atoms with Gasteiger partial charge in [-0.15, -0.1) is 11.3 Å². The second kappa shape index (κ2) is 6.67. The number of aromatic nitrogens is 2.